The van der Waals surface area contributed by atoms with Crippen LogP contribution in [-0.2, 0) is 14.4 Å². The van der Waals surface area contributed by atoms with Crippen molar-refractivity contribution in [2.45, 2.75) is 45.6 Å². The van der Waals surface area contributed by atoms with Crippen LogP contribution in [0.2, 0.25) is 0 Å². The molecule has 0 spiro atoms. The van der Waals surface area contributed by atoms with Gasteiger partial charge in [-0.1, -0.05) is 6.92 Å². The van der Waals surface area contributed by atoms with Crippen molar-refractivity contribution in [3.8, 4) is 0 Å². The van der Waals surface area contributed by atoms with Gasteiger partial charge in [0.25, 0.3) is 0 Å². The Morgan fingerprint density at radius 1 is 1.30 bits per heavy atom. The first-order chi connectivity index (χ1) is 9.45. The molecule has 0 aliphatic carbocycles. The van der Waals surface area contributed by atoms with Gasteiger partial charge in [0.2, 0.25) is 11.8 Å². The summed E-state index contributed by atoms with van der Waals surface area (Å²) < 4.78 is 0. The van der Waals surface area contributed by atoms with Crippen molar-refractivity contribution >= 4 is 17.8 Å². The van der Waals surface area contributed by atoms with E-state index in [0.29, 0.717) is 38.9 Å². The van der Waals surface area contributed by atoms with Gasteiger partial charge in [-0.2, -0.15) is 0 Å². The first-order valence-electron chi connectivity index (χ1n) is 7.27. The van der Waals surface area contributed by atoms with Crippen molar-refractivity contribution in [2.24, 2.45) is 5.41 Å². The molecule has 1 N–H and O–H groups in total. The lowest BCUT2D eigenvalue weighted by molar-refractivity contribution is -0.153. The van der Waals surface area contributed by atoms with Crippen molar-refractivity contribution in [2.75, 3.05) is 19.6 Å². The van der Waals surface area contributed by atoms with E-state index in [1.54, 1.807) is 6.92 Å². The fraction of sp³-hybridized carbons (Fsp3) is 0.786. The maximum atomic E-state index is 12.2. The molecule has 0 radical (unpaired) electrons. The summed E-state index contributed by atoms with van der Waals surface area (Å²) in [4.78, 5) is 38.6. The molecule has 6 nitrogen and oxygen atoms in total. The summed E-state index contributed by atoms with van der Waals surface area (Å²) in [6, 6.07) is -0.383. The second kappa shape index (κ2) is 5.52. The topological polar surface area (TPSA) is 77.9 Å². The lowest BCUT2D eigenvalue weighted by Crippen LogP contribution is -2.50. The average molecular weight is 282 g/mol. The van der Waals surface area contributed by atoms with Gasteiger partial charge >= 0.3 is 5.97 Å². The van der Waals surface area contributed by atoms with Gasteiger partial charge in [0.15, 0.2) is 0 Å². The Hall–Kier alpha value is -1.43. The third kappa shape index (κ3) is 2.32. The van der Waals surface area contributed by atoms with E-state index in [0.717, 1.165) is 0 Å². The quantitative estimate of drug-likeness (QED) is 0.768. The van der Waals surface area contributed by atoms with Crippen LogP contribution in [0.5, 0.6) is 0 Å². The summed E-state index contributed by atoms with van der Waals surface area (Å²) in [7, 11) is 0. The number of carbonyl (C=O) groups excluding carboxylic acids is 2. The molecule has 0 saturated carbocycles. The second-order valence-corrected chi connectivity index (χ2v) is 5.67. The van der Waals surface area contributed by atoms with Crippen LogP contribution in [0.15, 0.2) is 0 Å². The van der Waals surface area contributed by atoms with E-state index in [-0.39, 0.29) is 24.3 Å². The summed E-state index contributed by atoms with van der Waals surface area (Å²) in [6.07, 6.45) is 1.93. The molecule has 2 fully saturated rings. The maximum Gasteiger partial charge on any atom is 0.309 e. The van der Waals surface area contributed by atoms with E-state index in [1.807, 2.05) is 11.8 Å². The Labute approximate surface area is 118 Å². The molecule has 1 atom stereocenters. The van der Waals surface area contributed by atoms with E-state index in [4.69, 9.17) is 0 Å². The number of carboxylic acid groups (broad SMARTS) is 1. The smallest absolute Gasteiger partial charge is 0.309 e. The van der Waals surface area contributed by atoms with Crippen molar-refractivity contribution in [3.05, 3.63) is 0 Å². The van der Waals surface area contributed by atoms with Crippen LogP contribution >= 0.6 is 0 Å². The molecule has 0 aromatic rings. The van der Waals surface area contributed by atoms with Crippen LogP contribution in [0.3, 0.4) is 0 Å². The third-order valence-electron chi connectivity index (χ3n) is 4.86. The molecule has 6 heteroatoms. The monoisotopic (exact) mass is 282 g/mol. The zero-order chi connectivity index (χ0) is 14.9. The third-order valence-corrected chi connectivity index (χ3v) is 4.86. The van der Waals surface area contributed by atoms with Crippen LogP contribution in [-0.4, -0.2) is 58.4 Å². The molecule has 2 aliphatic rings. The highest BCUT2D eigenvalue weighted by Gasteiger charge is 2.46. The zero-order valence-electron chi connectivity index (χ0n) is 12.1. The highest BCUT2D eigenvalue weighted by atomic mass is 16.4. The van der Waals surface area contributed by atoms with Crippen LogP contribution in [0.25, 0.3) is 0 Å². The molecule has 2 saturated heterocycles. The molecule has 112 valence electrons. The van der Waals surface area contributed by atoms with E-state index in [2.05, 4.69) is 0 Å². The molecule has 2 amide bonds. The number of carbonyl (C=O) groups is 3. The Balaban J connectivity index is 2.03. The molecular formula is C14H22N2O4. The zero-order valence-corrected chi connectivity index (χ0v) is 12.1. The van der Waals surface area contributed by atoms with Crippen LogP contribution in [0, 0.1) is 5.41 Å². The average Bonchev–Trinajstić information content (AvgIpc) is 2.73. The van der Waals surface area contributed by atoms with E-state index >= 15 is 0 Å². The first-order valence-corrected chi connectivity index (χ1v) is 7.27. The summed E-state index contributed by atoms with van der Waals surface area (Å²) in [5, 5.41) is 9.37. The van der Waals surface area contributed by atoms with Crippen LogP contribution in [0.1, 0.15) is 39.5 Å². The van der Waals surface area contributed by atoms with Gasteiger partial charge in [-0.15, -0.1) is 0 Å². The molecule has 0 aromatic carbocycles. The van der Waals surface area contributed by atoms with Crippen molar-refractivity contribution in [1.29, 1.82) is 0 Å². The molecule has 2 aliphatic heterocycles. The number of hydrogen-bond acceptors (Lipinski definition) is 4. The predicted octanol–water partition coefficient (Wildman–Crippen LogP) is 0.711. The minimum Gasteiger partial charge on any atom is -0.481 e. The van der Waals surface area contributed by atoms with E-state index in [1.165, 1.54) is 4.90 Å². The number of nitrogens with zero attached hydrogens (tertiary/aromatic N) is 2. The predicted molar refractivity (Wildman–Crippen MR) is 72.0 cm³/mol. The van der Waals surface area contributed by atoms with Gasteiger partial charge < -0.3 is 5.11 Å². The van der Waals surface area contributed by atoms with Crippen LogP contribution in [0.4, 0.5) is 0 Å². The minimum atomic E-state index is -0.747. The highest BCUT2D eigenvalue weighted by Crippen LogP contribution is 2.36. The second-order valence-electron chi connectivity index (χ2n) is 5.67. The minimum absolute atomic E-state index is 0.118. The Bertz CT molecular complexity index is 427. The number of amides is 2. The first kappa shape index (κ1) is 15.0. The molecule has 2 heterocycles. The number of imide groups is 1. The Kier molecular flexibility index (Phi) is 4.13. The molecular weight excluding hydrogens is 260 g/mol. The number of rotatable bonds is 4. The number of likely N-dealkylation sites (N-methyl/N-ethyl adjacent to an activating group) is 1. The van der Waals surface area contributed by atoms with E-state index in [9.17, 15) is 19.5 Å². The van der Waals surface area contributed by atoms with E-state index < -0.39 is 11.4 Å². The van der Waals surface area contributed by atoms with Gasteiger partial charge in [-0.3, -0.25) is 24.2 Å². The molecule has 1 unspecified atom stereocenters. The van der Waals surface area contributed by atoms with Crippen molar-refractivity contribution in [3.63, 3.8) is 0 Å². The maximum absolute atomic E-state index is 12.2. The molecule has 20 heavy (non-hydrogen) atoms. The normalized spacial score (nSPS) is 27.1. The molecule has 0 aromatic heterocycles. The van der Waals surface area contributed by atoms with Gasteiger partial charge in [0.05, 0.1) is 17.9 Å². The van der Waals surface area contributed by atoms with Crippen molar-refractivity contribution < 1.29 is 19.5 Å². The number of carboxylic acids is 1. The van der Waals surface area contributed by atoms with Crippen LogP contribution < -0.4 is 0 Å². The molecule has 0 bridgehead atoms. The fourth-order valence-electron chi connectivity index (χ4n) is 3.27. The summed E-state index contributed by atoms with van der Waals surface area (Å²) in [6.45, 7) is 5.24. The Morgan fingerprint density at radius 3 is 2.30 bits per heavy atom. The number of hydrogen-bond donors (Lipinski definition) is 1. The summed E-state index contributed by atoms with van der Waals surface area (Å²) in [5.41, 5.74) is -0.660. The van der Waals surface area contributed by atoms with Gasteiger partial charge in [-0.25, -0.2) is 0 Å². The standard InChI is InChI=1S/C14H22N2O4/c1-3-14(13(19)20)5-7-15(8-6-14)10-9-11(17)16(4-2)12(10)18/h10H,3-9H2,1-2H3,(H,19,20). The lowest BCUT2D eigenvalue weighted by Gasteiger charge is -2.40. The highest BCUT2D eigenvalue weighted by molar-refractivity contribution is 6.05. The molecule has 2 rings (SSSR count). The summed E-state index contributed by atoms with van der Waals surface area (Å²) >= 11 is 0. The van der Waals surface area contributed by atoms with Crippen molar-refractivity contribution in [1.82, 2.24) is 9.80 Å². The largest absolute Gasteiger partial charge is 0.481 e. The number of piperidine rings is 1. The lowest BCUT2D eigenvalue weighted by atomic mass is 9.76. The summed E-state index contributed by atoms with van der Waals surface area (Å²) in [5.74, 6) is -0.992. The number of aliphatic carboxylic acids is 1. The van der Waals surface area contributed by atoms with Gasteiger partial charge in [-0.05, 0) is 26.2 Å². The SMILES string of the molecule is CCN1C(=O)CC(N2CCC(CC)(C(=O)O)CC2)C1=O. The Morgan fingerprint density at radius 2 is 1.90 bits per heavy atom. The fourth-order valence-corrected chi connectivity index (χ4v) is 3.27. The van der Waals surface area contributed by atoms with Gasteiger partial charge in [0, 0.05) is 19.6 Å². The number of likely N-dealkylation sites (tertiary alicyclic amines) is 2. The van der Waals surface area contributed by atoms with Gasteiger partial charge in [0.1, 0.15) is 0 Å².